The van der Waals surface area contributed by atoms with Crippen LogP contribution in [0, 0.1) is 0 Å². The van der Waals surface area contributed by atoms with Gasteiger partial charge in [-0.3, -0.25) is 4.79 Å². The van der Waals surface area contributed by atoms with Crippen molar-refractivity contribution in [3.8, 4) is 11.5 Å². The molecule has 140 valence electrons. The number of para-hydroxylation sites is 1. The number of carbonyl (C=O) groups is 1. The van der Waals surface area contributed by atoms with Crippen LogP contribution >= 0.6 is 0 Å². The monoisotopic (exact) mass is 374 g/mol. The predicted molar refractivity (Wildman–Crippen MR) is 104 cm³/mol. The van der Waals surface area contributed by atoms with Crippen molar-refractivity contribution in [2.45, 2.75) is 19.4 Å². The fraction of sp³-hybridized carbons (Fsp3) is 0.190. The molecule has 0 spiro atoms. The SMILES string of the molecule is CC1Cc2ccccc2N1c1cc(C(=O)Nc2ccc3c(c2)OCO3)ncn1. The highest BCUT2D eigenvalue weighted by Gasteiger charge is 2.28. The normalized spacial score (nSPS) is 16.8. The molecule has 0 bridgehead atoms. The van der Waals surface area contributed by atoms with Gasteiger partial charge in [0.05, 0.1) is 0 Å². The third-order valence-corrected chi connectivity index (χ3v) is 4.97. The Labute approximate surface area is 161 Å². The number of carbonyl (C=O) groups excluding carboxylic acids is 1. The lowest BCUT2D eigenvalue weighted by atomic mass is 10.1. The van der Waals surface area contributed by atoms with Crippen molar-refractivity contribution in [3.63, 3.8) is 0 Å². The Bertz CT molecular complexity index is 1070. The Morgan fingerprint density at radius 3 is 2.89 bits per heavy atom. The first-order chi connectivity index (χ1) is 13.7. The fourth-order valence-corrected chi connectivity index (χ4v) is 3.69. The number of benzene rings is 2. The molecule has 0 aliphatic carbocycles. The van der Waals surface area contributed by atoms with Crippen LogP contribution in [0.3, 0.4) is 0 Å². The van der Waals surface area contributed by atoms with E-state index < -0.39 is 0 Å². The van der Waals surface area contributed by atoms with E-state index in [0.29, 0.717) is 28.7 Å². The Hall–Kier alpha value is -3.61. The highest BCUT2D eigenvalue weighted by Crippen LogP contribution is 2.37. The Morgan fingerprint density at radius 2 is 1.96 bits per heavy atom. The van der Waals surface area contributed by atoms with Gasteiger partial charge in [0.1, 0.15) is 17.8 Å². The Balaban J connectivity index is 1.41. The molecule has 0 fully saturated rings. The molecule has 2 aliphatic rings. The van der Waals surface area contributed by atoms with Crippen molar-refractivity contribution in [2.75, 3.05) is 17.0 Å². The van der Waals surface area contributed by atoms with E-state index in [9.17, 15) is 4.79 Å². The number of anilines is 3. The maximum atomic E-state index is 12.7. The Morgan fingerprint density at radius 1 is 1.11 bits per heavy atom. The zero-order valence-electron chi connectivity index (χ0n) is 15.3. The molecule has 7 nitrogen and oxygen atoms in total. The first-order valence-electron chi connectivity index (χ1n) is 9.09. The summed E-state index contributed by atoms with van der Waals surface area (Å²) in [5, 5.41) is 2.85. The van der Waals surface area contributed by atoms with E-state index in [-0.39, 0.29) is 18.7 Å². The van der Waals surface area contributed by atoms with E-state index in [1.54, 1.807) is 24.3 Å². The second-order valence-electron chi connectivity index (χ2n) is 6.84. The average Bonchev–Trinajstić information content (AvgIpc) is 3.30. The van der Waals surface area contributed by atoms with Gasteiger partial charge in [-0.05, 0) is 37.1 Å². The molecule has 7 heteroatoms. The molecule has 2 aromatic carbocycles. The van der Waals surface area contributed by atoms with Gasteiger partial charge in [-0.2, -0.15) is 0 Å². The molecule has 28 heavy (non-hydrogen) atoms. The van der Waals surface area contributed by atoms with Gasteiger partial charge in [-0.15, -0.1) is 0 Å². The molecule has 1 aromatic heterocycles. The van der Waals surface area contributed by atoms with Crippen molar-refractivity contribution in [3.05, 3.63) is 66.1 Å². The molecule has 5 rings (SSSR count). The summed E-state index contributed by atoms with van der Waals surface area (Å²) in [5.74, 6) is 1.69. The molecular formula is C21H18N4O3. The average molecular weight is 374 g/mol. The van der Waals surface area contributed by atoms with Gasteiger partial charge >= 0.3 is 0 Å². The number of nitrogens with zero attached hydrogens (tertiary/aromatic N) is 3. The third kappa shape index (κ3) is 2.81. The van der Waals surface area contributed by atoms with Crippen molar-refractivity contribution >= 4 is 23.1 Å². The van der Waals surface area contributed by atoms with Crippen LogP contribution < -0.4 is 19.7 Å². The van der Waals surface area contributed by atoms with Crippen LogP contribution in [0.4, 0.5) is 17.2 Å². The number of amides is 1. The second-order valence-corrected chi connectivity index (χ2v) is 6.84. The summed E-state index contributed by atoms with van der Waals surface area (Å²) in [6, 6.07) is 15.5. The second kappa shape index (κ2) is 6.53. The minimum atomic E-state index is -0.303. The Kier molecular flexibility index (Phi) is 3.86. The summed E-state index contributed by atoms with van der Waals surface area (Å²) < 4.78 is 10.6. The number of hydrogen-bond donors (Lipinski definition) is 1. The molecular weight excluding hydrogens is 356 g/mol. The lowest BCUT2D eigenvalue weighted by molar-refractivity contribution is 0.102. The molecule has 1 atom stereocenters. The van der Waals surface area contributed by atoms with Crippen LogP contribution in [0.25, 0.3) is 0 Å². The molecule has 3 heterocycles. The van der Waals surface area contributed by atoms with Crippen LogP contribution in [0.5, 0.6) is 11.5 Å². The molecule has 2 aliphatic heterocycles. The highest BCUT2D eigenvalue weighted by molar-refractivity contribution is 6.03. The minimum absolute atomic E-state index is 0.192. The largest absolute Gasteiger partial charge is 0.454 e. The first kappa shape index (κ1) is 16.6. The van der Waals surface area contributed by atoms with E-state index in [2.05, 4.69) is 39.2 Å². The topological polar surface area (TPSA) is 76.6 Å². The molecule has 3 aromatic rings. The van der Waals surface area contributed by atoms with Gasteiger partial charge in [0.15, 0.2) is 11.5 Å². The summed E-state index contributed by atoms with van der Waals surface area (Å²) in [6.07, 6.45) is 2.37. The van der Waals surface area contributed by atoms with Crippen LogP contribution in [-0.4, -0.2) is 28.7 Å². The summed E-state index contributed by atoms with van der Waals surface area (Å²) in [4.78, 5) is 23.4. The molecule has 0 radical (unpaired) electrons. The van der Waals surface area contributed by atoms with E-state index in [1.165, 1.54) is 11.9 Å². The van der Waals surface area contributed by atoms with Gasteiger partial charge in [0.2, 0.25) is 6.79 Å². The van der Waals surface area contributed by atoms with Crippen LogP contribution in [0.1, 0.15) is 23.0 Å². The standard InChI is InChI=1S/C21H18N4O3/c1-13-8-14-4-2-3-5-17(14)25(13)20-10-16(22-11-23-20)21(26)24-15-6-7-18-19(9-15)28-12-27-18/h2-7,9-11,13H,8,12H2,1H3,(H,24,26). The van der Waals surface area contributed by atoms with Crippen molar-refractivity contribution in [1.29, 1.82) is 0 Å². The zero-order chi connectivity index (χ0) is 19.1. The lowest BCUT2D eigenvalue weighted by Crippen LogP contribution is -2.25. The van der Waals surface area contributed by atoms with E-state index in [1.807, 2.05) is 12.1 Å². The van der Waals surface area contributed by atoms with E-state index >= 15 is 0 Å². The molecule has 1 N–H and O–H groups in total. The quantitative estimate of drug-likeness (QED) is 0.756. The van der Waals surface area contributed by atoms with Crippen LogP contribution in [-0.2, 0) is 6.42 Å². The molecule has 1 unspecified atom stereocenters. The van der Waals surface area contributed by atoms with Gasteiger partial charge in [-0.1, -0.05) is 18.2 Å². The summed E-state index contributed by atoms with van der Waals surface area (Å²) >= 11 is 0. The van der Waals surface area contributed by atoms with Crippen molar-refractivity contribution < 1.29 is 14.3 Å². The lowest BCUT2D eigenvalue weighted by Gasteiger charge is -2.23. The summed E-state index contributed by atoms with van der Waals surface area (Å²) in [7, 11) is 0. The first-order valence-corrected chi connectivity index (χ1v) is 9.09. The molecule has 0 saturated carbocycles. The van der Waals surface area contributed by atoms with Crippen molar-refractivity contribution in [1.82, 2.24) is 9.97 Å². The van der Waals surface area contributed by atoms with E-state index in [4.69, 9.17) is 9.47 Å². The van der Waals surface area contributed by atoms with Crippen molar-refractivity contribution in [2.24, 2.45) is 0 Å². The minimum Gasteiger partial charge on any atom is -0.454 e. The maximum absolute atomic E-state index is 12.7. The van der Waals surface area contributed by atoms with Gasteiger partial charge in [0.25, 0.3) is 5.91 Å². The highest BCUT2D eigenvalue weighted by atomic mass is 16.7. The number of ether oxygens (including phenoxy) is 2. The zero-order valence-corrected chi connectivity index (χ0v) is 15.3. The molecule has 0 saturated heterocycles. The summed E-state index contributed by atoms with van der Waals surface area (Å²) in [5.41, 5.74) is 3.32. The van der Waals surface area contributed by atoms with Crippen LogP contribution in [0.15, 0.2) is 54.9 Å². The number of nitrogens with one attached hydrogen (secondary N) is 1. The summed E-state index contributed by atoms with van der Waals surface area (Å²) in [6.45, 7) is 2.34. The van der Waals surface area contributed by atoms with Gasteiger partial charge in [-0.25, -0.2) is 9.97 Å². The van der Waals surface area contributed by atoms with Gasteiger partial charge in [0, 0.05) is 29.5 Å². The maximum Gasteiger partial charge on any atom is 0.274 e. The molecule has 1 amide bonds. The van der Waals surface area contributed by atoms with Gasteiger partial charge < -0.3 is 19.7 Å². The smallest absolute Gasteiger partial charge is 0.274 e. The van der Waals surface area contributed by atoms with E-state index in [0.717, 1.165) is 12.1 Å². The van der Waals surface area contributed by atoms with Crippen LogP contribution in [0.2, 0.25) is 0 Å². The number of hydrogen-bond acceptors (Lipinski definition) is 6. The number of aromatic nitrogens is 2. The fourth-order valence-electron chi connectivity index (χ4n) is 3.69. The third-order valence-electron chi connectivity index (χ3n) is 4.97. The number of rotatable bonds is 3. The number of fused-ring (bicyclic) bond motifs is 2. The predicted octanol–water partition coefficient (Wildman–Crippen LogP) is 3.54.